The van der Waals surface area contributed by atoms with Crippen LogP contribution >= 0.6 is 0 Å². The fourth-order valence-corrected chi connectivity index (χ4v) is 2.93. The van der Waals surface area contributed by atoms with Crippen molar-refractivity contribution in [2.24, 2.45) is 5.41 Å². The Kier molecular flexibility index (Phi) is 5.06. The van der Waals surface area contributed by atoms with Gasteiger partial charge in [0.15, 0.2) is 0 Å². The third kappa shape index (κ3) is 3.38. The zero-order valence-electron chi connectivity index (χ0n) is 13.7. The Bertz CT molecular complexity index is 571. The number of hydrogen-bond acceptors (Lipinski definition) is 3. The van der Waals surface area contributed by atoms with E-state index in [9.17, 15) is 18.7 Å². The maximum Gasteiger partial charge on any atom is 0.224 e. The monoisotopic (exact) mass is 327 g/mol. The summed E-state index contributed by atoms with van der Waals surface area (Å²) in [6, 6.07) is 3.47. The van der Waals surface area contributed by atoms with Gasteiger partial charge in [-0.3, -0.25) is 4.79 Å². The van der Waals surface area contributed by atoms with E-state index in [1.807, 2.05) is 20.8 Å². The number of carbonyl (C=O) groups is 1. The summed E-state index contributed by atoms with van der Waals surface area (Å²) in [5, 5.41) is 13.2. The number of rotatable bonds is 6. The van der Waals surface area contributed by atoms with E-state index in [4.69, 9.17) is 4.74 Å². The highest BCUT2D eigenvalue weighted by atomic mass is 19.1. The van der Waals surface area contributed by atoms with E-state index in [2.05, 4.69) is 5.32 Å². The second-order valence-electron chi connectivity index (χ2n) is 6.56. The average molecular weight is 327 g/mol. The van der Waals surface area contributed by atoms with Crippen molar-refractivity contribution in [2.45, 2.75) is 45.3 Å². The Morgan fingerprint density at radius 3 is 2.52 bits per heavy atom. The molecule has 1 aliphatic rings. The van der Waals surface area contributed by atoms with Gasteiger partial charge in [0.25, 0.3) is 0 Å². The highest BCUT2D eigenvalue weighted by molar-refractivity contribution is 5.78. The molecule has 0 aromatic heterocycles. The molecular formula is C17H23F2NO3. The number of ether oxygens (including phenoxy) is 1. The van der Waals surface area contributed by atoms with Gasteiger partial charge in [0, 0.05) is 30.6 Å². The Morgan fingerprint density at radius 1 is 1.39 bits per heavy atom. The highest BCUT2D eigenvalue weighted by Gasteiger charge is 2.59. The zero-order valence-corrected chi connectivity index (χ0v) is 13.7. The van der Waals surface area contributed by atoms with Crippen LogP contribution in [0.15, 0.2) is 18.2 Å². The molecule has 0 saturated heterocycles. The van der Waals surface area contributed by atoms with Crippen LogP contribution in [0.25, 0.3) is 0 Å². The minimum atomic E-state index is -1.09. The second-order valence-corrected chi connectivity index (χ2v) is 6.56. The van der Waals surface area contributed by atoms with Crippen LogP contribution in [0.4, 0.5) is 8.78 Å². The molecule has 1 saturated carbocycles. The number of amides is 1. The summed E-state index contributed by atoms with van der Waals surface area (Å²) < 4.78 is 32.6. The standard InChI is InChI=1S/C17H23F2NO3/c1-4-23-14-9-17(22,16(14,2)3)10-20-15(21)8-11-12(18)6-5-7-13(11)19/h5-7,14,22H,4,8-10H2,1-3H3,(H,20,21)/t14-,17-/m0/s1. The molecule has 0 heterocycles. The molecule has 0 bridgehead atoms. The van der Waals surface area contributed by atoms with Crippen molar-refractivity contribution in [1.82, 2.24) is 5.32 Å². The van der Waals surface area contributed by atoms with Crippen molar-refractivity contribution >= 4 is 5.91 Å². The summed E-state index contributed by atoms with van der Waals surface area (Å²) in [4.78, 5) is 11.9. The Labute approximate surface area is 134 Å². The molecule has 1 aromatic carbocycles. The summed E-state index contributed by atoms with van der Waals surface area (Å²) in [5.41, 5.74) is -1.85. The number of carbonyl (C=O) groups excluding carboxylic acids is 1. The molecule has 1 aromatic rings. The first kappa shape index (κ1) is 17.8. The number of aliphatic hydroxyl groups is 1. The molecule has 4 nitrogen and oxygen atoms in total. The maximum atomic E-state index is 13.5. The molecule has 1 amide bonds. The number of nitrogens with one attached hydrogen (secondary N) is 1. The van der Waals surface area contributed by atoms with Crippen LogP contribution in [-0.4, -0.2) is 35.9 Å². The van der Waals surface area contributed by atoms with Crippen LogP contribution in [0.5, 0.6) is 0 Å². The molecule has 2 atom stereocenters. The summed E-state index contributed by atoms with van der Waals surface area (Å²) in [7, 11) is 0. The van der Waals surface area contributed by atoms with Gasteiger partial charge in [-0.2, -0.15) is 0 Å². The van der Waals surface area contributed by atoms with Crippen LogP contribution in [0.1, 0.15) is 32.8 Å². The van der Waals surface area contributed by atoms with E-state index >= 15 is 0 Å². The van der Waals surface area contributed by atoms with Gasteiger partial charge < -0.3 is 15.2 Å². The van der Waals surface area contributed by atoms with E-state index in [1.54, 1.807) is 0 Å². The Hall–Kier alpha value is -1.53. The van der Waals surface area contributed by atoms with E-state index in [-0.39, 0.29) is 18.2 Å². The van der Waals surface area contributed by atoms with Crippen molar-refractivity contribution < 1.29 is 23.4 Å². The lowest BCUT2D eigenvalue weighted by Crippen LogP contribution is -2.68. The second kappa shape index (κ2) is 6.53. The lowest BCUT2D eigenvalue weighted by Gasteiger charge is -2.57. The van der Waals surface area contributed by atoms with Crippen molar-refractivity contribution in [3.05, 3.63) is 35.4 Å². The molecule has 0 spiro atoms. The fourth-order valence-electron chi connectivity index (χ4n) is 2.93. The third-order valence-electron chi connectivity index (χ3n) is 4.87. The van der Waals surface area contributed by atoms with Gasteiger partial charge in [-0.25, -0.2) is 8.78 Å². The van der Waals surface area contributed by atoms with Crippen LogP contribution < -0.4 is 5.32 Å². The number of hydrogen-bond donors (Lipinski definition) is 2. The predicted octanol–water partition coefficient (Wildman–Crippen LogP) is 2.19. The van der Waals surface area contributed by atoms with E-state index in [0.29, 0.717) is 13.0 Å². The first-order valence-corrected chi connectivity index (χ1v) is 7.75. The number of benzene rings is 1. The minimum absolute atomic E-state index is 0.0263. The predicted molar refractivity (Wildman–Crippen MR) is 81.8 cm³/mol. The fraction of sp³-hybridized carbons (Fsp3) is 0.588. The normalized spacial score (nSPS) is 25.7. The highest BCUT2D eigenvalue weighted by Crippen LogP contribution is 2.50. The molecule has 1 aliphatic carbocycles. The third-order valence-corrected chi connectivity index (χ3v) is 4.87. The zero-order chi connectivity index (χ0) is 17.3. The Balaban J connectivity index is 1.93. The number of halogens is 2. The van der Waals surface area contributed by atoms with Crippen molar-refractivity contribution in [2.75, 3.05) is 13.2 Å². The van der Waals surface area contributed by atoms with Gasteiger partial charge in [-0.05, 0) is 19.1 Å². The lowest BCUT2D eigenvalue weighted by atomic mass is 9.56. The van der Waals surface area contributed by atoms with Crippen molar-refractivity contribution in [1.29, 1.82) is 0 Å². The summed E-state index contributed by atoms with van der Waals surface area (Å²) in [5.74, 6) is -2.03. The Morgan fingerprint density at radius 2 is 2.00 bits per heavy atom. The van der Waals surface area contributed by atoms with Gasteiger partial charge in [0.1, 0.15) is 11.6 Å². The molecule has 2 rings (SSSR count). The molecule has 23 heavy (non-hydrogen) atoms. The maximum absolute atomic E-state index is 13.5. The van der Waals surface area contributed by atoms with Crippen LogP contribution in [0.2, 0.25) is 0 Å². The molecule has 2 N–H and O–H groups in total. The van der Waals surface area contributed by atoms with Gasteiger partial charge >= 0.3 is 0 Å². The molecule has 6 heteroatoms. The van der Waals surface area contributed by atoms with Crippen molar-refractivity contribution in [3.63, 3.8) is 0 Å². The molecular weight excluding hydrogens is 304 g/mol. The van der Waals surface area contributed by atoms with Gasteiger partial charge in [-0.15, -0.1) is 0 Å². The van der Waals surface area contributed by atoms with Crippen LogP contribution in [-0.2, 0) is 16.0 Å². The van der Waals surface area contributed by atoms with Gasteiger partial charge in [0.2, 0.25) is 5.91 Å². The van der Waals surface area contributed by atoms with E-state index in [1.165, 1.54) is 6.07 Å². The van der Waals surface area contributed by atoms with Crippen molar-refractivity contribution in [3.8, 4) is 0 Å². The molecule has 128 valence electrons. The lowest BCUT2D eigenvalue weighted by molar-refractivity contribution is -0.238. The van der Waals surface area contributed by atoms with E-state index < -0.39 is 35.0 Å². The summed E-state index contributed by atoms with van der Waals surface area (Å²) in [6.45, 7) is 6.22. The van der Waals surface area contributed by atoms with Crippen LogP contribution in [0, 0.1) is 17.0 Å². The first-order chi connectivity index (χ1) is 10.7. The summed E-state index contributed by atoms with van der Waals surface area (Å²) >= 11 is 0. The van der Waals surface area contributed by atoms with Crippen LogP contribution in [0.3, 0.4) is 0 Å². The molecule has 1 fully saturated rings. The largest absolute Gasteiger partial charge is 0.387 e. The smallest absolute Gasteiger partial charge is 0.224 e. The summed E-state index contributed by atoms with van der Waals surface area (Å²) in [6.07, 6.45) is -0.0510. The average Bonchev–Trinajstić information content (AvgIpc) is 2.49. The van der Waals surface area contributed by atoms with E-state index in [0.717, 1.165) is 12.1 Å². The quantitative estimate of drug-likeness (QED) is 0.842. The van der Waals surface area contributed by atoms with Gasteiger partial charge in [0.05, 0.1) is 18.1 Å². The SMILES string of the molecule is CCO[C@H]1C[C@](O)(CNC(=O)Cc2c(F)cccc2F)C1(C)C. The van der Waals surface area contributed by atoms with Gasteiger partial charge in [-0.1, -0.05) is 19.9 Å². The topological polar surface area (TPSA) is 58.6 Å². The minimum Gasteiger partial charge on any atom is -0.387 e. The molecule has 0 unspecified atom stereocenters. The molecule has 0 aliphatic heterocycles. The first-order valence-electron chi connectivity index (χ1n) is 7.75. The molecule has 0 radical (unpaired) electrons.